The Balaban J connectivity index is 1.25. The second kappa shape index (κ2) is 10.2. The largest absolute Gasteiger partial charge is 0.456 e. The molecule has 5 aromatic heterocycles. The molecule has 12 rings (SSSR count). The van der Waals surface area contributed by atoms with Crippen LogP contribution in [0.5, 0.6) is 0 Å². The van der Waals surface area contributed by atoms with Gasteiger partial charge in [-0.1, -0.05) is 96.9 Å². The Hall–Kier alpha value is -7.25. The summed E-state index contributed by atoms with van der Waals surface area (Å²) in [6.07, 6.45) is 0. The summed E-state index contributed by atoms with van der Waals surface area (Å²) in [5, 5.41) is 5.31. The van der Waals surface area contributed by atoms with Gasteiger partial charge in [0.2, 0.25) is 11.9 Å². The van der Waals surface area contributed by atoms with Crippen LogP contribution in [0, 0.1) is 0 Å². The number of nitrogens with zero attached hydrogens (tertiary/aromatic N) is 5. The number of benzene rings is 7. The molecular weight excluding hydrogens is 643 g/mol. The van der Waals surface area contributed by atoms with E-state index in [4.69, 9.17) is 34.8 Å². The van der Waals surface area contributed by atoms with Gasteiger partial charge >= 0.3 is 0 Å². The molecule has 0 unspecified atom stereocenters. The monoisotopic (exact) mass is 675 g/mol. The molecule has 52 heavy (non-hydrogen) atoms. The van der Waals surface area contributed by atoms with Gasteiger partial charge in [-0.05, 0) is 54.5 Å². The molecule has 0 atom stereocenters. The molecule has 0 fully saturated rings. The molecule has 7 heteroatoms. The third kappa shape index (κ3) is 3.71. The maximum absolute atomic E-state index is 9.17. The van der Waals surface area contributed by atoms with Crippen molar-refractivity contribution in [1.82, 2.24) is 24.1 Å². The van der Waals surface area contributed by atoms with Crippen LogP contribution >= 0.6 is 0 Å². The zero-order valence-corrected chi connectivity index (χ0v) is 26.9. The standard InChI is InChI=1S/C45H25N5O2/c1-6-16-33-27(11-1)28-12-2-7-17-34(28)49(33)44-46-43(26-21-22-30-29-13-4-9-19-37(29)52-40(30)25-26)47-45(48-44)50-35-18-8-3-14-31(35)41-36(50)23-24-39-42(41)32-15-5-10-20-38(32)51-39/h1-25H/i1D,2D,6D,7D,11D,12D,16D,17D. The quantitative estimate of drug-likeness (QED) is 0.186. The lowest BCUT2D eigenvalue weighted by atomic mass is 10.1. The van der Waals surface area contributed by atoms with E-state index in [0.29, 0.717) is 22.3 Å². The Morgan fingerprint density at radius 3 is 1.79 bits per heavy atom. The molecule has 7 aromatic carbocycles. The lowest BCUT2D eigenvalue weighted by molar-refractivity contribution is 0.668. The van der Waals surface area contributed by atoms with Gasteiger partial charge in [-0.2, -0.15) is 15.0 Å². The summed E-state index contributed by atoms with van der Waals surface area (Å²) in [7, 11) is 0. The van der Waals surface area contributed by atoms with Gasteiger partial charge in [-0.3, -0.25) is 9.13 Å². The predicted molar refractivity (Wildman–Crippen MR) is 208 cm³/mol. The normalized spacial score (nSPS) is 14.4. The number of furan rings is 2. The molecule has 0 aliphatic carbocycles. The summed E-state index contributed by atoms with van der Waals surface area (Å²) in [6, 6.07) is 28.9. The molecule has 242 valence electrons. The average molecular weight is 676 g/mol. The molecule has 0 amide bonds. The van der Waals surface area contributed by atoms with Crippen molar-refractivity contribution < 1.29 is 19.8 Å². The minimum atomic E-state index is -0.546. The topological polar surface area (TPSA) is 74.8 Å². The number of rotatable bonds is 3. The van der Waals surface area contributed by atoms with Crippen molar-refractivity contribution in [3.63, 3.8) is 0 Å². The smallest absolute Gasteiger partial charge is 0.240 e. The van der Waals surface area contributed by atoms with Crippen LogP contribution in [0.3, 0.4) is 0 Å². The zero-order valence-electron chi connectivity index (χ0n) is 34.9. The maximum Gasteiger partial charge on any atom is 0.240 e. The molecule has 0 saturated carbocycles. The highest BCUT2D eigenvalue weighted by molar-refractivity contribution is 6.27. The van der Waals surface area contributed by atoms with E-state index >= 15 is 0 Å². The van der Waals surface area contributed by atoms with Crippen LogP contribution in [-0.2, 0) is 0 Å². The van der Waals surface area contributed by atoms with Crippen molar-refractivity contribution in [2.75, 3.05) is 0 Å². The second-order valence-corrected chi connectivity index (χ2v) is 12.6. The van der Waals surface area contributed by atoms with Crippen molar-refractivity contribution in [3.8, 4) is 23.3 Å². The number of aromatic nitrogens is 5. The van der Waals surface area contributed by atoms with Gasteiger partial charge in [0.25, 0.3) is 0 Å². The van der Waals surface area contributed by atoms with E-state index in [2.05, 4.69) is 0 Å². The fourth-order valence-corrected chi connectivity index (χ4v) is 7.66. The van der Waals surface area contributed by atoms with E-state index in [1.807, 2.05) is 108 Å². The third-order valence-electron chi connectivity index (χ3n) is 9.86. The van der Waals surface area contributed by atoms with Crippen molar-refractivity contribution in [3.05, 3.63) is 151 Å². The SMILES string of the molecule is [2H]c1c([2H])c([2H])c2c(c1[2H])c1c([2H])c([2H])c([2H])c([2H])c1n2-c1nc(-c2ccc3c(c2)oc2ccccc23)nc(-n2c3ccccc3c3c4c(ccc32)oc2ccccc24)n1. The van der Waals surface area contributed by atoms with Crippen molar-refractivity contribution in [2.24, 2.45) is 0 Å². The van der Waals surface area contributed by atoms with Gasteiger partial charge in [0, 0.05) is 48.7 Å². The van der Waals surface area contributed by atoms with Gasteiger partial charge in [0.1, 0.15) is 22.3 Å². The number of hydrogen-bond acceptors (Lipinski definition) is 5. The summed E-state index contributed by atoms with van der Waals surface area (Å²) < 4.78 is 86.6. The van der Waals surface area contributed by atoms with Crippen LogP contribution < -0.4 is 0 Å². The van der Waals surface area contributed by atoms with Gasteiger partial charge in [-0.15, -0.1) is 0 Å². The summed E-state index contributed by atoms with van der Waals surface area (Å²) in [5.74, 6) is 0.194. The van der Waals surface area contributed by atoms with Gasteiger partial charge in [-0.25, -0.2) is 0 Å². The number of fused-ring (bicyclic) bond motifs is 13. The zero-order chi connectivity index (χ0) is 40.9. The molecule has 0 saturated heterocycles. The van der Waals surface area contributed by atoms with E-state index in [-0.39, 0.29) is 39.5 Å². The number of para-hydroxylation sites is 5. The molecule has 0 radical (unpaired) electrons. The first-order chi connectivity index (χ1) is 29.1. The molecule has 0 aliphatic heterocycles. The van der Waals surface area contributed by atoms with Gasteiger partial charge in [0.15, 0.2) is 5.82 Å². The Labute approximate surface area is 305 Å². The summed E-state index contributed by atoms with van der Waals surface area (Å²) in [6.45, 7) is 0. The highest BCUT2D eigenvalue weighted by Crippen LogP contribution is 2.41. The van der Waals surface area contributed by atoms with E-state index in [1.165, 1.54) is 4.57 Å². The molecule has 0 aliphatic rings. The number of hydrogen-bond donors (Lipinski definition) is 0. The summed E-state index contributed by atoms with van der Waals surface area (Å²) in [4.78, 5) is 15.2. The van der Waals surface area contributed by atoms with Crippen LogP contribution in [0.2, 0.25) is 0 Å². The minimum absolute atomic E-state index is 0.0821. The van der Waals surface area contributed by atoms with Crippen LogP contribution in [0.4, 0.5) is 0 Å². The first-order valence-electron chi connectivity index (χ1n) is 20.6. The lowest BCUT2D eigenvalue weighted by Crippen LogP contribution is -2.10. The van der Waals surface area contributed by atoms with E-state index in [1.54, 1.807) is 0 Å². The van der Waals surface area contributed by atoms with Gasteiger partial charge in [0.05, 0.1) is 33.0 Å². The maximum atomic E-state index is 9.17. The van der Waals surface area contributed by atoms with Crippen molar-refractivity contribution in [2.45, 2.75) is 0 Å². The van der Waals surface area contributed by atoms with Crippen LogP contribution in [0.25, 0.3) is 111 Å². The first kappa shape index (κ1) is 21.1. The Kier molecular flexibility index (Phi) is 4.11. The third-order valence-corrected chi connectivity index (χ3v) is 9.86. The molecule has 5 heterocycles. The molecule has 0 N–H and O–H groups in total. The highest BCUT2D eigenvalue weighted by Gasteiger charge is 2.23. The van der Waals surface area contributed by atoms with Crippen molar-refractivity contribution in [1.29, 1.82) is 0 Å². The minimum Gasteiger partial charge on any atom is -0.456 e. The van der Waals surface area contributed by atoms with E-state index in [9.17, 15) is 0 Å². The highest BCUT2D eigenvalue weighted by atomic mass is 16.3. The molecule has 7 nitrogen and oxygen atoms in total. The predicted octanol–water partition coefficient (Wildman–Crippen LogP) is 11.5. The summed E-state index contributed by atoms with van der Waals surface area (Å²) >= 11 is 0. The Bertz CT molecular complexity index is 3830. The molecule has 0 spiro atoms. The van der Waals surface area contributed by atoms with E-state index in [0.717, 1.165) is 48.9 Å². The lowest BCUT2D eigenvalue weighted by Gasteiger charge is -2.12. The van der Waals surface area contributed by atoms with Crippen LogP contribution in [-0.4, -0.2) is 24.1 Å². The van der Waals surface area contributed by atoms with Crippen molar-refractivity contribution >= 4 is 87.5 Å². The average Bonchev–Trinajstić information content (AvgIpc) is 4.03. The Morgan fingerprint density at radius 1 is 0.423 bits per heavy atom. The van der Waals surface area contributed by atoms with E-state index < -0.39 is 48.3 Å². The Morgan fingerprint density at radius 2 is 1.02 bits per heavy atom. The first-order valence-corrected chi connectivity index (χ1v) is 16.6. The van der Waals surface area contributed by atoms with Crippen LogP contribution in [0.15, 0.2) is 160 Å². The van der Waals surface area contributed by atoms with Gasteiger partial charge < -0.3 is 8.83 Å². The fraction of sp³-hybridized carbons (Fsp3) is 0. The molecule has 12 aromatic rings. The summed E-state index contributed by atoms with van der Waals surface area (Å²) in [5.41, 5.74) is 4.57. The molecular formula is C45H25N5O2. The fourth-order valence-electron chi connectivity index (χ4n) is 7.66. The van der Waals surface area contributed by atoms with Crippen LogP contribution in [0.1, 0.15) is 11.0 Å². The second-order valence-electron chi connectivity index (χ2n) is 12.6. The molecule has 0 bridgehead atoms.